The van der Waals surface area contributed by atoms with Gasteiger partial charge in [0.1, 0.15) is 0 Å². The van der Waals surface area contributed by atoms with Crippen LogP contribution >= 0.6 is 0 Å². The Hall–Kier alpha value is -0.870. The molecule has 2 rings (SSSR count). The van der Waals surface area contributed by atoms with E-state index in [4.69, 9.17) is 0 Å². The van der Waals surface area contributed by atoms with Gasteiger partial charge in [-0.1, -0.05) is 0 Å². The van der Waals surface area contributed by atoms with Gasteiger partial charge in [-0.05, 0) is 39.4 Å². The summed E-state index contributed by atoms with van der Waals surface area (Å²) in [7, 11) is 6.36. The van der Waals surface area contributed by atoms with Crippen LogP contribution in [0.2, 0.25) is 0 Å². The van der Waals surface area contributed by atoms with Gasteiger partial charge in [-0.15, -0.1) is 0 Å². The summed E-state index contributed by atoms with van der Waals surface area (Å²) in [4.78, 5) is 2.37. The summed E-state index contributed by atoms with van der Waals surface area (Å²) < 4.78 is 1.93. The number of rotatable bonds is 5. The van der Waals surface area contributed by atoms with Gasteiger partial charge in [-0.25, -0.2) is 0 Å². The van der Waals surface area contributed by atoms with E-state index in [2.05, 4.69) is 35.5 Å². The minimum atomic E-state index is 0.401. The third-order valence-electron chi connectivity index (χ3n) is 3.92. The molecule has 1 heterocycles. The van der Waals surface area contributed by atoms with Crippen LogP contribution in [0.5, 0.6) is 0 Å². The van der Waals surface area contributed by atoms with Gasteiger partial charge in [0.2, 0.25) is 0 Å². The number of likely N-dealkylation sites (N-methyl/N-ethyl adjacent to an activating group) is 1. The normalized spacial score (nSPS) is 18.8. The summed E-state index contributed by atoms with van der Waals surface area (Å²) in [5, 5.41) is 7.72. The molecular weight excluding hydrogens is 200 g/mol. The zero-order valence-electron chi connectivity index (χ0n) is 10.5. The Balaban J connectivity index is 1.82. The van der Waals surface area contributed by atoms with Crippen LogP contribution < -0.4 is 5.32 Å². The average Bonchev–Trinajstić information content (AvgIpc) is 2.55. The Kier molecular flexibility index (Phi) is 3.30. The van der Waals surface area contributed by atoms with Crippen molar-refractivity contribution in [2.75, 3.05) is 20.6 Å². The molecule has 0 spiro atoms. The van der Waals surface area contributed by atoms with Gasteiger partial charge in [0.05, 0.1) is 5.69 Å². The van der Waals surface area contributed by atoms with Crippen molar-refractivity contribution >= 4 is 0 Å². The van der Waals surface area contributed by atoms with E-state index in [9.17, 15) is 0 Å². The van der Waals surface area contributed by atoms with Crippen molar-refractivity contribution < 1.29 is 0 Å². The molecule has 1 aromatic rings. The Morgan fingerprint density at radius 1 is 1.50 bits per heavy atom. The highest BCUT2D eigenvalue weighted by Crippen LogP contribution is 2.35. The topological polar surface area (TPSA) is 33.1 Å². The molecule has 1 fully saturated rings. The quantitative estimate of drug-likeness (QED) is 0.806. The molecule has 0 bridgehead atoms. The lowest BCUT2D eigenvalue weighted by Gasteiger charge is -2.47. The summed E-state index contributed by atoms with van der Waals surface area (Å²) in [6.45, 7) is 1.98. The number of nitrogens with one attached hydrogen (secondary N) is 1. The molecule has 1 saturated carbocycles. The number of nitrogens with zero attached hydrogens (tertiary/aromatic N) is 3. The lowest BCUT2D eigenvalue weighted by Crippen LogP contribution is -2.56. The summed E-state index contributed by atoms with van der Waals surface area (Å²) in [6, 6.07) is 2.07. The maximum atomic E-state index is 4.17. The van der Waals surface area contributed by atoms with E-state index in [1.54, 1.807) is 0 Å². The van der Waals surface area contributed by atoms with Crippen molar-refractivity contribution in [3.8, 4) is 0 Å². The predicted octanol–water partition coefficient (Wildman–Crippen LogP) is 0.994. The predicted molar refractivity (Wildman–Crippen MR) is 65.2 cm³/mol. The zero-order valence-corrected chi connectivity index (χ0v) is 10.5. The van der Waals surface area contributed by atoms with Crippen LogP contribution in [0.15, 0.2) is 12.3 Å². The molecule has 0 aromatic carbocycles. The van der Waals surface area contributed by atoms with Crippen LogP contribution in [0, 0.1) is 0 Å². The van der Waals surface area contributed by atoms with E-state index in [1.807, 2.05) is 17.9 Å². The molecule has 90 valence electrons. The van der Waals surface area contributed by atoms with Crippen LogP contribution in [-0.4, -0.2) is 40.9 Å². The second kappa shape index (κ2) is 4.55. The van der Waals surface area contributed by atoms with Gasteiger partial charge in [0.15, 0.2) is 0 Å². The van der Waals surface area contributed by atoms with Crippen molar-refractivity contribution in [2.24, 2.45) is 7.05 Å². The maximum absolute atomic E-state index is 4.17. The Labute approximate surface area is 97.6 Å². The third-order valence-corrected chi connectivity index (χ3v) is 3.92. The number of aryl methyl sites for hydroxylation is 1. The van der Waals surface area contributed by atoms with E-state index < -0.39 is 0 Å². The second-order valence-corrected chi connectivity index (χ2v) is 5.02. The molecule has 4 heteroatoms. The van der Waals surface area contributed by atoms with Crippen LogP contribution in [0.25, 0.3) is 0 Å². The fourth-order valence-electron chi connectivity index (χ4n) is 2.36. The molecule has 4 nitrogen and oxygen atoms in total. The second-order valence-electron chi connectivity index (χ2n) is 5.02. The molecule has 16 heavy (non-hydrogen) atoms. The SMILES string of the molecule is CN(C)C1(CNCc2ccnn2C)CCC1. The highest BCUT2D eigenvalue weighted by atomic mass is 15.3. The highest BCUT2D eigenvalue weighted by molar-refractivity contribution is 5.01. The third kappa shape index (κ3) is 2.13. The van der Waals surface area contributed by atoms with Crippen molar-refractivity contribution in [3.05, 3.63) is 18.0 Å². The molecule has 0 saturated heterocycles. The molecule has 0 atom stereocenters. The van der Waals surface area contributed by atoms with Gasteiger partial charge < -0.3 is 10.2 Å². The van der Waals surface area contributed by atoms with E-state index in [1.165, 1.54) is 25.0 Å². The van der Waals surface area contributed by atoms with Gasteiger partial charge in [0.25, 0.3) is 0 Å². The zero-order chi connectivity index (χ0) is 11.6. The molecule has 0 radical (unpaired) electrons. The van der Waals surface area contributed by atoms with Crippen molar-refractivity contribution in [2.45, 2.75) is 31.3 Å². The molecule has 1 aliphatic rings. The first kappa shape index (κ1) is 11.6. The van der Waals surface area contributed by atoms with Crippen LogP contribution in [0.3, 0.4) is 0 Å². The number of aromatic nitrogens is 2. The van der Waals surface area contributed by atoms with E-state index in [0.717, 1.165) is 13.1 Å². The molecule has 0 aliphatic heterocycles. The van der Waals surface area contributed by atoms with Crippen LogP contribution in [0.4, 0.5) is 0 Å². The minimum Gasteiger partial charge on any atom is -0.309 e. The first-order valence-electron chi connectivity index (χ1n) is 5.99. The molecule has 0 unspecified atom stereocenters. The summed E-state index contributed by atoms with van der Waals surface area (Å²) in [5.41, 5.74) is 1.65. The molecule has 1 aromatic heterocycles. The fraction of sp³-hybridized carbons (Fsp3) is 0.750. The Bertz CT molecular complexity index is 339. The lowest BCUT2D eigenvalue weighted by atomic mass is 9.75. The van der Waals surface area contributed by atoms with Gasteiger partial charge >= 0.3 is 0 Å². The fourth-order valence-corrected chi connectivity index (χ4v) is 2.36. The van der Waals surface area contributed by atoms with E-state index in [0.29, 0.717) is 5.54 Å². The largest absolute Gasteiger partial charge is 0.309 e. The maximum Gasteiger partial charge on any atom is 0.0518 e. The van der Waals surface area contributed by atoms with Crippen molar-refractivity contribution in [1.29, 1.82) is 0 Å². The highest BCUT2D eigenvalue weighted by Gasteiger charge is 2.38. The summed E-state index contributed by atoms with van der Waals surface area (Å²) in [5.74, 6) is 0. The van der Waals surface area contributed by atoms with Gasteiger partial charge in [0, 0.05) is 31.9 Å². The Morgan fingerprint density at radius 2 is 2.25 bits per heavy atom. The van der Waals surface area contributed by atoms with Crippen molar-refractivity contribution in [1.82, 2.24) is 20.0 Å². The van der Waals surface area contributed by atoms with Crippen LogP contribution in [0.1, 0.15) is 25.0 Å². The molecular formula is C12H22N4. The van der Waals surface area contributed by atoms with Gasteiger partial charge in [-0.2, -0.15) is 5.10 Å². The number of hydrogen-bond acceptors (Lipinski definition) is 3. The summed E-state index contributed by atoms with van der Waals surface area (Å²) >= 11 is 0. The van der Waals surface area contributed by atoms with E-state index in [-0.39, 0.29) is 0 Å². The Morgan fingerprint density at radius 3 is 2.69 bits per heavy atom. The van der Waals surface area contributed by atoms with Crippen LogP contribution in [-0.2, 0) is 13.6 Å². The average molecular weight is 222 g/mol. The lowest BCUT2D eigenvalue weighted by molar-refractivity contribution is 0.0596. The monoisotopic (exact) mass is 222 g/mol. The number of hydrogen-bond donors (Lipinski definition) is 1. The van der Waals surface area contributed by atoms with Gasteiger partial charge in [-0.3, -0.25) is 4.68 Å². The molecule has 1 N–H and O–H groups in total. The molecule has 1 aliphatic carbocycles. The summed E-state index contributed by atoms with van der Waals surface area (Å²) in [6.07, 6.45) is 5.85. The van der Waals surface area contributed by atoms with E-state index >= 15 is 0 Å². The molecule has 0 amide bonds. The minimum absolute atomic E-state index is 0.401. The first-order chi connectivity index (χ1) is 7.64. The standard InChI is InChI=1S/C12H22N4/c1-15(2)12(6-4-7-12)10-13-9-11-5-8-14-16(11)3/h5,8,13H,4,6-7,9-10H2,1-3H3. The van der Waals surface area contributed by atoms with Crippen molar-refractivity contribution in [3.63, 3.8) is 0 Å². The smallest absolute Gasteiger partial charge is 0.0518 e. The first-order valence-corrected chi connectivity index (χ1v) is 5.99.